The highest BCUT2D eigenvalue weighted by Crippen LogP contribution is 2.37. The van der Waals surface area contributed by atoms with Crippen LogP contribution in [0.25, 0.3) is 10.8 Å². The lowest BCUT2D eigenvalue weighted by Gasteiger charge is -2.25. The molecule has 0 saturated heterocycles. The monoisotopic (exact) mass is 302 g/mol. The molecule has 108 valence electrons. The van der Waals surface area contributed by atoms with Gasteiger partial charge in [-0.2, -0.15) is 0 Å². The molecule has 0 unspecified atom stereocenters. The van der Waals surface area contributed by atoms with E-state index >= 15 is 0 Å². The first-order chi connectivity index (χ1) is 10.4. The van der Waals surface area contributed by atoms with Gasteiger partial charge in [-0.15, -0.1) is 10.2 Å². The van der Waals surface area contributed by atoms with Gasteiger partial charge in [-0.05, 0) is 24.3 Å². The third-order valence-electron chi connectivity index (χ3n) is 3.80. The summed E-state index contributed by atoms with van der Waals surface area (Å²) in [5.74, 6) is -4.76. The summed E-state index contributed by atoms with van der Waals surface area (Å²) >= 11 is 0. The summed E-state index contributed by atoms with van der Waals surface area (Å²) in [5, 5.41) is -1.08. The fourth-order valence-electron chi connectivity index (χ4n) is 2.82. The average molecular weight is 302 g/mol. The lowest BCUT2D eigenvalue weighted by molar-refractivity contribution is 0.0161. The molecule has 2 aliphatic rings. The van der Waals surface area contributed by atoms with Gasteiger partial charge >= 0.3 is 0 Å². The molecule has 2 heterocycles. The molecule has 4 rings (SSSR count). The Balaban J connectivity index is 2.24. The largest absolute Gasteiger partial charge is 0.290 e. The van der Waals surface area contributed by atoms with Gasteiger partial charge in [-0.3, -0.25) is 19.2 Å². The first-order valence-electron chi connectivity index (χ1n) is 6.12. The van der Waals surface area contributed by atoms with E-state index in [-0.39, 0.29) is 33.0 Å². The fourth-order valence-corrected chi connectivity index (χ4v) is 2.82. The van der Waals surface area contributed by atoms with Gasteiger partial charge in [0.2, 0.25) is 0 Å². The van der Waals surface area contributed by atoms with E-state index in [9.17, 15) is 28.1 Å². The second kappa shape index (κ2) is 3.73. The standard InChI is InChI=1S/C14H4F2N2O4/c15-17-11(19)5-1-2-6-10-8(14(22)18(16)12(6)20)4-3-7(9(5)10)13(17)21/h1-4H. The summed E-state index contributed by atoms with van der Waals surface area (Å²) < 4.78 is 27.2. The van der Waals surface area contributed by atoms with Gasteiger partial charge in [-0.25, -0.2) is 0 Å². The molecule has 0 saturated carbocycles. The SMILES string of the molecule is O=C1c2ccc3c4c(ccc(c24)C(=O)N1F)C(=O)N(F)C3=O. The van der Waals surface area contributed by atoms with Gasteiger partial charge in [-0.1, -0.05) is 8.96 Å². The van der Waals surface area contributed by atoms with Crippen molar-refractivity contribution in [3.05, 3.63) is 46.5 Å². The molecular formula is C14H4F2N2O4. The van der Waals surface area contributed by atoms with Crippen LogP contribution in [0.5, 0.6) is 0 Å². The predicted octanol–water partition coefficient (Wildman–Crippen LogP) is 1.80. The van der Waals surface area contributed by atoms with Crippen molar-refractivity contribution in [2.75, 3.05) is 0 Å². The van der Waals surface area contributed by atoms with Gasteiger partial charge < -0.3 is 0 Å². The van der Waals surface area contributed by atoms with Gasteiger partial charge in [0.1, 0.15) is 0 Å². The maximum absolute atomic E-state index is 13.6. The van der Waals surface area contributed by atoms with E-state index in [1.54, 1.807) is 0 Å². The molecular weight excluding hydrogens is 298 g/mol. The molecule has 2 aromatic carbocycles. The Kier molecular flexibility index (Phi) is 2.13. The van der Waals surface area contributed by atoms with Crippen molar-refractivity contribution < 1.29 is 28.1 Å². The van der Waals surface area contributed by atoms with E-state index < -0.39 is 33.9 Å². The minimum Gasteiger partial charge on any atom is -0.266 e. The summed E-state index contributed by atoms with van der Waals surface area (Å²) in [7, 11) is 0. The molecule has 22 heavy (non-hydrogen) atoms. The van der Waals surface area contributed by atoms with E-state index in [0.717, 1.165) is 24.3 Å². The highest BCUT2D eigenvalue weighted by atomic mass is 19.2. The third-order valence-corrected chi connectivity index (χ3v) is 3.80. The van der Waals surface area contributed by atoms with E-state index in [0.29, 0.717) is 0 Å². The third kappa shape index (κ3) is 1.22. The average Bonchev–Trinajstić information content (AvgIpc) is 2.53. The zero-order valence-corrected chi connectivity index (χ0v) is 10.6. The quantitative estimate of drug-likeness (QED) is 0.549. The Morgan fingerprint density at radius 3 is 1.00 bits per heavy atom. The number of hydrogen-bond donors (Lipinski definition) is 0. The molecule has 4 amide bonds. The van der Waals surface area contributed by atoms with Crippen LogP contribution >= 0.6 is 0 Å². The Labute approximate surface area is 120 Å². The molecule has 0 aromatic heterocycles. The topological polar surface area (TPSA) is 74.8 Å². The van der Waals surface area contributed by atoms with Crippen molar-refractivity contribution >= 4 is 34.4 Å². The molecule has 0 N–H and O–H groups in total. The Hall–Kier alpha value is -3.16. The van der Waals surface area contributed by atoms with Crippen molar-refractivity contribution in [2.24, 2.45) is 0 Å². The first kappa shape index (κ1) is 12.6. The minimum atomic E-state index is -1.19. The van der Waals surface area contributed by atoms with Crippen LogP contribution in [-0.2, 0) is 0 Å². The maximum atomic E-state index is 13.6. The van der Waals surface area contributed by atoms with Crippen LogP contribution < -0.4 is 0 Å². The maximum Gasteiger partial charge on any atom is 0.290 e. The number of amides is 4. The molecule has 2 aromatic rings. The number of rotatable bonds is 0. The summed E-state index contributed by atoms with van der Waals surface area (Å²) in [4.78, 5) is 47.4. The number of imide groups is 2. The second-order valence-corrected chi connectivity index (χ2v) is 4.85. The Morgan fingerprint density at radius 1 is 0.545 bits per heavy atom. The van der Waals surface area contributed by atoms with Gasteiger partial charge in [0.05, 0.1) is 22.3 Å². The van der Waals surface area contributed by atoms with Crippen molar-refractivity contribution in [3.8, 4) is 0 Å². The van der Waals surface area contributed by atoms with Crippen molar-refractivity contribution in [1.29, 1.82) is 0 Å². The highest BCUT2D eigenvalue weighted by Gasteiger charge is 2.40. The second-order valence-electron chi connectivity index (χ2n) is 4.85. The molecule has 0 radical (unpaired) electrons. The van der Waals surface area contributed by atoms with Crippen LogP contribution in [0.4, 0.5) is 8.96 Å². The summed E-state index contributed by atoms with van der Waals surface area (Å²) in [6.45, 7) is 0. The molecule has 0 aliphatic carbocycles. The van der Waals surface area contributed by atoms with Crippen molar-refractivity contribution in [2.45, 2.75) is 0 Å². The molecule has 0 atom stereocenters. The predicted molar refractivity (Wildman–Crippen MR) is 67.2 cm³/mol. The van der Waals surface area contributed by atoms with E-state index in [1.807, 2.05) is 0 Å². The van der Waals surface area contributed by atoms with Crippen LogP contribution in [0, 0.1) is 0 Å². The number of carbonyl (C=O) groups excluding carboxylic acids is 4. The molecule has 0 bridgehead atoms. The molecule has 0 spiro atoms. The van der Waals surface area contributed by atoms with Crippen LogP contribution in [0.1, 0.15) is 41.4 Å². The number of halogens is 2. The normalized spacial score (nSPS) is 16.8. The summed E-state index contributed by atoms with van der Waals surface area (Å²) in [5.41, 5.74) is -0.646. The molecule has 2 aliphatic heterocycles. The van der Waals surface area contributed by atoms with Crippen LogP contribution in [0.15, 0.2) is 24.3 Å². The van der Waals surface area contributed by atoms with Crippen LogP contribution in [0.3, 0.4) is 0 Å². The number of nitrogens with zero attached hydrogens (tertiary/aromatic N) is 2. The molecule has 0 fully saturated rings. The van der Waals surface area contributed by atoms with E-state index in [1.165, 1.54) is 0 Å². The Morgan fingerprint density at radius 2 is 0.773 bits per heavy atom. The number of benzene rings is 2. The van der Waals surface area contributed by atoms with E-state index in [4.69, 9.17) is 0 Å². The van der Waals surface area contributed by atoms with Crippen LogP contribution in [-0.4, -0.2) is 33.9 Å². The first-order valence-corrected chi connectivity index (χ1v) is 6.12. The van der Waals surface area contributed by atoms with E-state index in [2.05, 4.69) is 0 Å². The Bertz CT molecular complexity index is 806. The highest BCUT2D eigenvalue weighted by molar-refractivity contribution is 6.32. The number of hydrogen-bond acceptors (Lipinski definition) is 4. The van der Waals surface area contributed by atoms with Gasteiger partial charge in [0.25, 0.3) is 23.6 Å². The smallest absolute Gasteiger partial charge is 0.266 e. The zero-order chi connectivity index (χ0) is 15.8. The van der Waals surface area contributed by atoms with Crippen molar-refractivity contribution in [1.82, 2.24) is 10.2 Å². The minimum absolute atomic E-state index is 0.00583. The zero-order valence-electron chi connectivity index (χ0n) is 10.6. The fraction of sp³-hybridized carbons (Fsp3) is 0. The lowest BCUT2D eigenvalue weighted by Crippen LogP contribution is -2.37. The summed E-state index contributed by atoms with van der Waals surface area (Å²) in [6.07, 6.45) is 0. The summed E-state index contributed by atoms with van der Waals surface area (Å²) in [6, 6.07) is 4.53. The van der Waals surface area contributed by atoms with Gasteiger partial charge in [0, 0.05) is 10.8 Å². The lowest BCUT2D eigenvalue weighted by atomic mass is 9.87. The van der Waals surface area contributed by atoms with Gasteiger partial charge in [0.15, 0.2) is 0 Å². The number of carbonyl (C=O) groups is 4. The van der Waals surface area contributed by atoms with Crippen molar-refractivity contribution in [3.63, 3.8) is 0 Å². The van der Waals surface area contributed by atoms with Crippen LogP contribution in [0.2, 0.25) is 0 Å². The molecule has 8 heteroatoms. The molecule has 6 nitrogen and oxygen atoms in total.